The molecule has 3 fully saturated rings. The van der Waals surface area contributed by atoms with Gasteiger partial charge in [-0.2, -0.15) is 0 Å². The standard InChI is InChI=1S/C24H31FN6O2/c1-15-21-23(27-14-28-24(21)30-6-8-32-9-7-30)29-20-11-16(10-19(25)22(20)33-15)17-12-31(13-17)18-2-4-26-5-3-18/h10-11,14-15,17-18,26H,2-9,12-13H2,1H3,(H,27,28,29)/t15-/m1/s1. The Morgan fingerprint density at radius 3 is 2.67 bits per heavy atom. The van der Waals surface area contributed by atoms with Gasteiger partial charge in [0.15, 0.2) is 11.6 Å². The third-order valence-electron chi connectivity index (χ3n) is 7.40. The normalized spacial score (nSPS) is 24.2. The van der Waals surface area contributed by atoms with E-state index in [4.69, 9.17) is 9.47 Å². The van der Waals surface area contributed by atoms with Gasteiger partial charge >= 0.3 is 0 Å². The number of fused-ring (bicyclic) bond motifs is 2. The fourth-order valence-corrected chi connectivity index (χ4v) is 5.51. The molecular weight excluding hydrogens is 423 g/mol. The van der Waals surface area contributed by atoms with Crippen LogP contribution in [0, 0.1) is 5.82 Å². The van der Waals surface area contributed by atoms with Crippen LogP contribution in [0.25, 0.3) is 0 Å². The zero-order valence-electron chi connectivity index (χ0n) is 19.0. The first-order valence-electron chi connectivity index (χ1n) is 12.1. The lowest BCUT2D eigenvalue weighted by Crippen LogP contribution is -2.53. The number of nitrogens with one attached hydrogen (secondary N) is 2. The van der Waals surface area contributed by atoms with Crippen molar-refractivity contribution in [3.8, 4) is 5.75 Å². The highest BCUT2D eigenvalue weighted by Crippen LogP contribution is 2.44. The Morgan fingerprint density at radius 2 is 1.88 bits per heavy atom. The number of benzene rings is 1. The summed E-state index contributed by atoms with van der Waals surface area (Å²) in [6.07, 6.45) is 3.57. The molecule has 4 aliphatic rings. The highest BCUT2D eigenvalue weighted by atomic mass is 19.1. The topological polar surface area (TPSA) is 74.8 Å². The SMILES string of the molecule is C[C@H]1Oc2c(F)cc(C3CN(C4CCNCC4)C3)cc2Nc2ncnc(N3CCOCC3)c21. The molecule has 8 nitrogen and oxygen atoms in total. The van der Waals surface area contributed by atoms with Crippen LogP contribution >= 0.6 is 0 Å². The molecule has 1 atom stereocenters. The molecule has 6 rings (SSSR count). The molecule has 176 valence electrons. The Kier molecular flexibility index (Phi) is 5.55. The fraction of sp³-hybridized carbons (Fsp3) is 0.583. The molecule has 0 unspecified atom stereocenters. The lowest BCUT2D eigenvalue weighted by Gasteiger charge is -2.46. The molecule has 0 radical (unpaired) electrons. The van der Waals surface area contributed by atoms with Gasteiger partial charge in [-0.25, -0.2) is 14.4 Å². The summed E-state index contributed by atoms with van der Waals surface area (Å²) in [5, 5.41) is 6.80. The molecule has 3 saturated heterocycles. The summed E-state index contributed by atoms with van der Waals surface area (Å²) in [5.41, 5.74) is 2.52. The van der Waals surface area contributed by atoms with E-state index in [2.05, 4.69) is 30.4 Å². The molecular formula is C24H31FN6O2. The van der Waals surface area contributed by atoms with E-state index in [1.54, 1.807) is 12.4 Å². The third-order valence-corrected chi connectivity index (χ3v) is 7.40. The van der Waals surface area contributed by atoms with Gasteiger partial charge in [-0.1, -0.05) is 0 Å². The van der Waals surface area contributed by atoms with Crippen molar-refractivity contribution in [1.29, 1.82) is 0 Å². The van der Waals surface area contributed by atoms with Crippen LogP contribution in [-0.4, -0.2) is 73.4 Å². The van der Waals surface area contributed by atoms with Gasteiger partial charge < -0.3 is 25.0 Å². The van der Waals surface area contributed by atoms with Crippen molar-refractivity contribution in [2.75, 3.05) is 62.7 Å². The van der Waals surface area contributed by atoms with Crippen LogP contribution < -0.4 is 20.3 Å². The average molecular weight is 455 g/mol. The number of piperidine rings is 1. The van der Waals surface area contributed by atoms with Gasteiger partial charge in [-0.05, 0) is 50.6 Å². The second-order valence-corrected chi connectivity index (χ2v) is 9.46. The first-order chi connectivity index (χ1) is 16.2. The van der Waals surface area contributed by atoms with Crippen LogP contribution in [0.4, 0.5) is 21.7 Å². The minimum Gasteiger partial charge on any atom is -0.480 e. The van der Waals surface area contributed by atoms with Crippen molar-refractivity contribution in [3.05, 3.63) is 35.4 Å². The predicted octanol–water partition coefficient (Wildman–Crippen LogP) is 2.80. The zero-order chi connectivity index (χ0) is 22.4. The smallest absolute Gasteiger partial charge is 0.179 e. The number of likely N-dealkylation sites (tertiary alicyclic amines) is 1. The second-order valence-electron chi connectivity index (χ2n) is 9.46. The van der Waals surface area contributed by atoms with E-state index in [1.165, 1.54) is 12.8 Å². The van der Waals surface area contributed by atoms with Crippen molar-refractivity contribution < 1.29 is 13.9 Å². The maximum atomic E-state index is 15.3. The number of rotatable bonds is 3. The molecule has 2 aromatic rings. The lowest BCUT2D eigenvalue weighted by molar-refractivity contribution is 0.0727. The van der Waals surface area contributed by atoms with Crippen molar-refractivity contribution in [2.45, 2.75) is 37.8 Å². The summed E-state index contributed by atoms with van der Waals surface area (Å²) in [6, 6.07) is 4.35. The van der Waals surface area contributed by atoms with Crippen molar-refractivity contribution in [2.24, 2.45) is 0 Å². The van der Waals surface area contributed by atoms with Crippen LogP contribution in [-0.2, 0) is 4.74 Å². The van der Waals surface area contributed by atoms with Gasteiger partial charge in [0.05, 0.1) is 24.5 Å². The molecule has 0 spiro atoms. The maximum absolute atomic E-state index is 15.3. The number of ether oxygens (including phenoxy) is 2. The Labute approximate surface area is 193 Å². The maximum Gasteiger partial charge on any atom is 0.179 e. The first kappa shape index (κ1) is 21.1. The van der Waals surface area contributed by atoms with Crippen molar-refractivity contribution in [3.63, 3.8) is 0 Å². The van der Waals surface area contributed by atoms with E-state index in [1.807, 2.05) is 13.0 Å². The van der Waals surface area contributed by atoms with Gasteiger partial charge in [0, 0.05) is 38.1 Å². The number of hydrogen-bond acceptors (Lipinski definition) is 8. The summed E-state index contributed by atoms with van der Waals surface area (Å²) in [4.78, 5) is 13.8. The summed E-state index contributed by atoms with van der Waals surface area (Å²) < 4.78 is 26.9. The molecule has 1 aromatic carbocycles. The molecule has 5 heterocycles. The number of nitrogens with zero attached hydrogens (tertiary/aromatic N) is 4. The Morgan fingerprint density at radius 1 is 1.09 bits per heavy atom. The molecule has 1 aromatic heterocycles. The summed E-state index contributed by atoms with van der Waals surface area (Å²) in [6.45, 7) is 8.93. The zero-order valence-corrected chi connectivity index (χ0v) is 19.0. The molecule has 0 bridgehead atoms. The van der Waals surface area contributed by atoms with Gasteiger partial charge in [0.2, 0.25) is 0 Å². The number of anilines is 3. The predicted molar refractivity (Wildman–Crippen MR) is 124 cm³/mol. The van der Waals surface area contributed by atoms with Crippen LogP contribution in [0.2, 0.25) is 0 Å². The molecule has 2 N–H and O–H groups in total. The quantitative estimate of drug-likeness (QED) is 0.734. The van der Waals surface area contributed by atoms with E-state index >= 15 is 4.39 Å². The van der Waals surface area contributed by atoms with Crippen molar-refractivity contribution in [1.82, 2.24) is 20.2 Å². The van der Waals surface area contributed by atoms with Crippen LogP contribution in [0.1, 0.15) is 42.9 Å². The number of halogens is 1. The van der Waals surface area contributed by atoms with Gasteiger partial charge in [-0.15, -0.1) is 0 Å². The Bertz CT molecular complexity index is 1020. The van der Waals surface area contributed by atoms with Gasteiger partial charge in [0.1, 0.15) is 24.1 Å². The van der Waals surface area contributed by atoms with Gasteiger partial charge in [-0.3, -0.25) is 4.90 Å². The van der Waals surface area contributed by atoms with E-state index in [0.717, 1.165) is 56.2 Å². The minimum absolute atomic E-state index is 0.256. The summed E-state index contributed by atoms with van der Waals surface area (Å²) in [5.74, 6) is 1.78. The van der Waals surface area contributed by atoms with E-state index < -0.39 is 0 Å². The number of morpholine rings is 1. The Balaban J connectivity index is 1.26. The van der Waals surface area contributed by atoms with Gasteiger partial charge in [0.25, 0.3) is 0 Å². The monoisotopic (exact) mass is 454 g/mol. The van der Waals surface area contributed by atoms with E-state index in [0.29, 0.717) is 36.7 Å². The average Bonchev–Trinajstić information content (AvgIpc) is 2.96. The first-order valence-corrected chi connectivity index (χ1v) is 12.1. The minimum atomic E-state index is -0.382. The molecule has 0 amide bonds. The second kappa shape index (κ2) is 8.70. The van der Waals surface area contributed by atoms with Crippen LogP contribution in [0.5, 0.6) is 5.75 Å². The number of aromatic nitrogens is 2. The number of hydrogen-bond donors (Lipinski definition) is 2. The summed E-state index contributed by atoms with van der Waals surface area (Å²) >= 11 is 0. The molecule has 33 heavy (non-hydrogen) atoms. The fourth-order valence-electron chi connectivity index (χ4n) is 5.51. The molecule has 9 heteroatoms. The molecule has 0 aliphatic carbocycles. The molecule has 4 aliphatic heterocycles. The summed E-state index contributed by atoms with van der Waals surface area (Å²) in [7, 11) is 0. The highest BCUT2D eigenvalue weighted by Gasteiger charge is 2.35. The lowest BCUT2D eigenvalue weighted by atomic mass is 9.87. The third kappa shape index (κ3) is 3.92. The Hall–Kier alpha value is -2.49. The van der Waals surface area contributed by atoms with E-state index in [-0.39, 0.29) is 17.7 Å². The van der Waals surface area contributed by atoms with Crippen molar-refractivity contribution >= 4 is 17.3 Å². The largest absolute Gasteiger partial charge is 0.480 e. The van der Waals surface area contributed by atoms with Crippen LogP contribution in [0.15, 0.2) is 18.5 Å². The van der Waals surface area contributed by atoms with Crippen LogP contribution in [0.3, 0.4) is 0 Å². The van der Waals surface area contributed by atoms with E-state index in [9.17, 15) is 0 Å². The highest BCUT2D eigenvalue weighted by molar-refractivity contribution is 5.73. The molecule has 0 saturated carbocycles.